The second kappa shape index (κ2) is 23.6. The molecule has 8 aliphatic carbocycles. The molecule has 0 spiro atoms. The van der Waals surface area contributed by atoms with Gasteiger partial charge in [-0.3, -0.25) is 13.7 Å². The maximum atomic E-state index is 11.4. The average molecular weight is 1500 g/mol. The van der Waals surface area contributed by atoms with Gasteiger partial charge in [-0.1, -0.05) is 35.1 Å². The van der Waals surface area contributed by atoms with Crippen LogP contribution >= 0.6 is 83.7 Å². The summed E-state index contributed by atoms with van der Waals surface area (Å²) in [6.45, 7) is 11.4. The Morgan fingerprint density at radius 1 is 0.480 bits per heavy atom. The van der Waals surface area contributed by atoms with Gasteiger partial charge in [0.25, 0.3) is 0 Å². The van der Waals surface area contributed by atoms with Gasteiger partial charge in [-0.05, 0) is 127 Å². The predicted octanol–water partition coefficient (Wildman–Crippen LogP) is 7.85. The number of halogens is 3. The molecule has 11 fully saturated rings. The highest BCUT2D eigenvalue weighted by molar-refractivity contribution is 7.98. The molecule has 0 amide bonds. The molecule has 11 heterocycles. The Balaban J connectivity index is 0.000000102. The summed E-state index contributed by atoms with van der Waals surface area (Å²) >= 11 is 21.0. The Kier molecular flexibility index (Phi) is 16.3. The van der Waals surface area contributed by atoms with E-state index in [0.29, 0.717) is 104 Å². The summed E-state index contributed by atoms with van der Waals surface area (Å²) in [6.07, 6.45) is 13.3. The van der Waals surface area contributed by atoms with Gasteiger partial charge in [0, 0.05) is 40.1 Å². The number of imidazole rings is 4. The maximum Gasteiger partial charge on any atom is 0.226 e. The standard InChI is InChI=1S/C16H20N5O3PS.C15H15Cl2N4O3P.C15H17ClN5O3P.C13H17N5O3S/c1-15(2)23-10-9(7-4-16(7,5-25-22)11(10)24-15)21-6-18-8-12(17)19-14(26-3)20-13(8)21;1-14(2)23-9-8(6-3-15(6,4-25-22)10(9)24-14)21-5-18-7-11(16)19-13(17)20-12(7)21;1-14(2)23-9-8(6-3-15(6,4-25-22)10(9)24-14)21-5-18-7-11(17)19-13(16)20-12(7)21;1-22-12-16-10(14)6-11(17-12)18(4-15-6)7-5-2-13(5,3-19)9(21)8(7)20/h6-7,9-11H,4-5H2,1-3H3,(H2,17,19,20);5-6,8-10H,3-4H2,1-2H3;5-6,8-10H,3-4H2,1-2H3,(H2,17,19,20);4-5,7-9,19-21H,2-3H2,1H3,(H2,14,16,17)/t7-,9?,10-,11-,16+;2*6-,8?,9-,10-,15+;5-,7?,8-,9-,13+/m1111/s1. The molecular weight excluding hydrogens is 1430 g/mol. The van der Waals surface area contributed by atoms with E-state index in [2.05, 4.69) is 64.4 Å². The van der Waals surface area contributed by atoms with Gasteiger partial charge in [0.15, 0.2) is 98.2 Å². The van der Waals surface area contributed by atoms with Crippen molar-refractivity contribution >= 4 is 146 Å². The summed E-state index contributed by atoms with van der Waals surface area (Å²) in [4.78, 5) is 51.5. The second-order valence-corrected chi connectivity index (χ2v) is 33.1. The molecule has 3 aliphatic heterocycles. The first-order valence-corrected chi connectivity index (χ1v) is 38.4. The highest BCUT2D eigenvalue weighted by Crippen LogP contribution is 2.75. The summed E-state index contributed by atoms with van der Waals surface area (Å²) in [6, 6.07) is -0.349. The van der Waals surface area contributed by atoms with E-state index in [1.54, 1.807) is 29.9 Å². The van der Waals surface area contributed by atoms with E-state index in [1.165, 1.54) is 23.5 Å². The molecule has 8 saturated carbocycles. The minimum absolute atomic E-state index is 0.00817. The largest absolute Gasteiger partial charge is 0.396 e. The fraction of sp³-hybridized carbons (Fsp3) is 0.661. The molecule has 8 aromatic heterocycles. The number of anilines is 3. The van der Waals surface area contributed by atoms with E-state index in [0.717, 1.165) is 24.9 Å². The van der Waals surface area contributed by atoms with Crippen LogP contribution in [0.4, 0.5) is 17.5 Å². The first-order chi connectivity index (χ1) is 46.7. The van der Waals surface area contributed by atoms with Gasteiger partial charge < -0.3 is 79.2 Å². The smallest absolute Gasteiger partial charge is 0.226 e. The monoisotopic (exact) mass is 1500 g/mol. The highest BCUT2D eigenvalue weighted by Gasteiger charge is 2.79. The molecule has 11 aliphatic rings. The highest BCUT2D eigenvalue weighted by atomic mass is 35.5. The van der Waals surface area contributed by atoms with Crippen LogP contribution in [0.5, 0.6) is 0 Å². The van der Waals surface area contributed by atoms with Crippen molar-refractivity contribution in [3.8, 4) is 0 Å². The third-order valence-corrected chi connectivity index (χ3v) is 26.2. The Bertz CT molecular complexity index is 4480. The lowest BCUT2D eigenvalue weighted by molar-refractivity contribution is -0.160. The number of hydrogen-bond acceptors (Lipinski definition) is 29. The number of nitrogen functional groups attached to an aromatic ring is 3. The number of fused-ring (bicyclic) bond motifs is 14. The van der Waals surface area contributed by atoms with Crippen LogP contribution in [-0.4, -0.2) is 197 Å². The third kappa shape index (κ3) is 10.3. The Morgan fingerprint density at radius 3 is 1.17 bits per heavy atom. The summed E-state index contributed by atoms with van der Waals surface area (Å²) in [5.41, 5.74) is 21.6. The van der Waals surface area contributed by atoms with Crippen LogP contribution in [0.25, 0.3) is 44.7 Å². The minimum Gasteiger partial charge on any atom is -0.396 e. The number of rotatable bonds is 13. The Morgan fingerprint density at radius 2 is 0.806 bits per heavy atom. The molecule has 4 unspecified atom stereocenters. The lowest BCUT2D eigenvalue weighted by atomic mass is 10.0. The number of hydrogen-bond donors (Lipinski definition) is 6. The van der Waals surface area contributed by atoms with Crippen LogP contribution in [0.2, 0.25) is 15.7 Å². The molecule has 19 rings (SSSR count). The van der Waals surface area contributed by atoms with Gasteiger partial charge in [-0.2, -0.15) is 15.0 Å². The molecule has 0 aromatic carbocycles. The van der Waals surface area contributed by atoms with Crippen molar-refractivity contribution in [2.45, 2.75) is 168 Å². The van der Waals surface area contributed by atoms with Crippen molar-refractivity contribution in [1.29, 1.82) is 0 Å². The molecule has 20 atom stereocenters. The fourth-order valence-electron chi connectivity index (χ4n) is 18.0. The molecule has 31 nitrogen and oxygen atoms in total. The zero-order chi connectivity index (χ0) is 69.0. The quantitative estimate of drug-likeness (QED) is 0.0277. The zero-order valence-corrected chi connectivity index (χ0v) is 60.5. The summed E-state index contributed by atoms with van der Waals surface area (Å²) in [7, 11) is 0.419. The van der Waals surface area contributed by atoms with Crippen molar-refractivity contribution in [2.24, 2.45) is 45.3 Å². The van der Waals surface area contributed by atoms with E-state index in [4.69, 9.17) is 80.4 Å². The summed E-state index contributed by atoms with van der Waals surface area (Å²) in [5.74, 6) is -0.116. The van der Waals surface area contributed by atoms with Crippen LogP contribution in [0.15, 0.2) is 35.6 Å². The number of aliphatic hydroxyl groups excluding tert-OH is 3. The van der Waals surface area contributed by atoms with Crippen molar-refractivity contribution in [2.75, 3.05) is 54.8 Å². The van der Waals surface area contributed by atoms with Crippen LogP contribution in [0, 0.1) is 45.3 Å². The maximum absolute atomic E-state index is 11.4. The first-order valence-electron chi connectivity index (χ1n) is 31.9. The molecule has 39 heteroatoms. The molecule has 520 valence electrons. The first kappa shape index (κ1) is 67.6. The number of aliphatic hydroxyl groups is 3. The lowest BCUT2D eigenvalue weighted by Gasteiger charge is -2.24. The summed E-state index contributed by atoms with van der Waals surface area (Å²) < 4.78 is 79.2. The van der Waals surface area contributed by atoms with Gasteiger partial charge in [-0.25, -0.2) is 44.9 Å². The second-order valence-electron chi connectivity index (χ2n) is 28.8. The van der Waals surface area contributed by atoms with Crippen molar-refractivity contribution < 1.29 is 57.4 Å². The number of thioether (sulfide) groups is 2. The van der Waals surface area contributed by atoms with Crippen molar-refractivity contribution in [3.63, 3.8) is 0 Å². The SMILES string of the molecule is CC1(C)O[C@@H]2C(n3cnc4c(Cl)nc(Cl)nc43)[C@H]3C[C@@]3(CP=O)[C@@H]2O1.CC1(C)O[C@@H]2C(n3cnc4c(N)nc(Cl)nc43)[C@H]3C[C@@]3(CP=O)[C@@H]2O1.CSc1nc(N)c2ncn(C3[C@@H](O)[C@@H](O)[C@]4(CO)C[C@H]34)c2n1.CSc1nc(N)c2ncn(C3[C@H]4OC(C)(C)O[C@H]4[C@]4(CP=O)C[C@H]34)c2n1. The van der Waals surface area contributed by atoms with E-state index in [-0.39, 0.29) is 136 Å². The van der Waals surface area contributed by atoms with Gasteiger partial charge in [0.2, 0.25) is 10.6 Å². The van der Waals surface area contributed by atoms with Gasteiger partial charge >= 0.3 is 0 Å². The number of nitrogens with two attached hydrogens (primary N) is 3. The van der Waals surface area contributed by atoms with Crippen LogP contribution < -0.4 is 17.2 Å². The Labute approximate surface area is 586 Å². The molecule has 0 radical (unpaired) electrons. The fourth-order valence-corrected chi connectivity index (χ4v) is 21.7. The van der Waals surface area contributed by atoms with E-state index in [9.17, 15) is 29.0 Å². The van der Waals surface area contributed by atoms with Crippen LogP contribution in [-0.2, 0) is 42.1 Å². The van der Waals surface area contributed by atoms with Crippen LogP contribution in [0.1, 0.15) is 91.4 Å². The van der Waals surface area contributed by atoms with E-state index < -0.39 is 35.0 Å². The minimum atomic E-state index is -0.961. The van der Waals surface area contributed by atoms with E-state index >= 15 is 0 Å². The van der Waals surface area contributed by atoms with Crippen molar-refractivity contribution in [1.82, 2.24) is 78.1 Å². The topological polar surface area (TPSA) is 420 Å². The molecular formula is C59H69Cl3N19O12P3S2. The Hall–Kier alpha value is -4.89. The van der Waals surface area contributed by atoms with Gasteiger partial charge in [-0.15, -0.1) is 0 Å². The molecule has 98 heavy (non-hydrogen) atoms. The molecule has 0 bridgehead atoms. The number of nitrogens with zero attached hydrogens (tertiary/aromatic N) is 16. The third-order valence-electron chi connectivity index (χ3n) is 22.4. The summed E-state index contributed by atoms with van der Waals surface area (Å²) in [5, 5.41) is 31.8. The molecule has 9 N–H and O–H groups in total. The predicted molar refractivity (Wildman–Crippen MR) is 359 cm³/mol. The molecule has 8 aromatic rings. The molecule has 3 saturated heterocycles. The van der Waals surface area contributed by atoms with Crippen LogP contribution in [0.3, 0.4) is 0 Å². The lowest BCUT2D eigenvalue weighted by Crippen LogP contribution is -2.35. The van der Waals surface area contributed by atoms with Gasteiger partial charge in [0.05, 0.1) is 80.5 Å². The number of aromatic nitrogens is 16. The normalized spacial score (nSPS) is 37.6. The van der Waals surface area contributed by atoms with Crippen molar-refractivity contribution in [3.05, 3.63) is 41.0 Å². The van der Waals surface area contributed by atoms with E-state index in [1.807, 2.05) is 63.2 Å². The zero-order valence-electron chi connectivity index (χ0n) is 53.9. The number of ether oxygens (including phenoxy) is 6. The van der Waals surface area contributed by atoms with Gasteiger partial charge in [0.1, 0.15) is 46.5 Å². The average Bonchev–Trinajstić information content (AvgIpc) is 1.52.